The lowest BCUT2D eigenvalue weighted by molar-refractivity contribution is -0.510. The van der Waals surface area contributed by atoms with Crippen molar-refractivity contribution in [3.63, 3.8) is 0 Å². The van der Waals surface area contributed by atoms with Crippen LogP contribution in [0.1, 0.15) is 5.69 Å². The average molecular weight is 548 g/mol. The third-order valence-corrected chi connectivity index (χ3v) is 7.91. The van der Waals surface area contributed by atoms with Crippen LogP contribution in [0.15, 0.2) is 52.5 Å². The van der Waals surface area contributed by atoms with E-state index in [1.165, 1.54) is 24.3 Å². The van der Waals surface area contributed by atoms with E-state index in [0.29, 0.717) is 16.3 Å². The fourth-order valence-corrected chi connectivity index (χ4v) is 6.16. The number of carbonyl (C=O) groups is 3. The molecule has 1 fully saturated rings. The Bertz CT molecular complexity index is 1470. The van der Waals surface area contributed by atoms with Gasteiger partial charge in [-0.2, -0.15) is 0 Å². The Morgan fingerprint density at radius 1 is 1.44 bits per heavy atom. The Morgan fingerprint density at radius 3 is 2.94 bits per heavy atom. The van der Waals surface area contributed by atoms with Crippen LogP contribution >= 0.6 is 34.7 Å². The van der Waals surface area contributed by atoms with Gasteiger partial charge in [0.1, 0.15) is 49.4 Å². The van der Waals surface area contributed by atoms with Gasteiger partial charge in [-0.25, -0.2) is 14.0 Å². The Balaban J connectivity index is 1.37. The molecule has 3 aromatic rings. The molecule has 0 saturated carbocycles. The third kappa shape index (κ3) is 4.16. The second kappa shape index (κ2) is 9.44. The van der Waals surface area contributed by atoms with E-state index in [1.54, 1.807) is 24.7 Å². The summed E-state index contributed by atoms with van der Waals surface area (Å²) < 4.78 is 3.67. The van der Waals surface area contributed by atoms with Gasteiger partial charge >= 0.3 is 0 Å². The van der Waals surface area contributed by atoms with Gasteiger partial charge in [-0.3, -0.25) is 14.5 Å². The normalized spacial score (nSPS) is 19.8. The number of anilines is 1. The number of aliphatic carboxylic acids is 1. The molecule has 36 heavy (non-hydrogen) atoms. The number of aromatic nitrogens is 3. The molecule has 0 aromatic carbocycles. The quantitative estimate of drug-likeness (QED) is 0.171. The summed E-state index contributed by atoms with van der Waals surface area (Å²) in [5.41, 5.74) is 6.82. The Morgan fingerprint density at radius 2 is 2.25 bits per heavy atom. The number of imidazole rings is 1. The first-order valence-electron chi connectivity index (χ1n) is 10.5. The Labute approximate surface area is 217 Å². The molecular formula is C21H18ClN7O5S2. The summed E-state index contributed by atoms with van der Waals surface area (Å²) in [6.07, 6.45) is 5.33. The van der Waals surface area contributed by atoms with Crippen molar-refractivity contribution in [3.8, 4) is 0 Å². The van der Waals surface area contributed by atoms with Crippen LogP contribution in [0.3, 0.4) is 0 Å². The number of thioether (sulfide) groups is 1. The standard InChI is InChI=1S/C21H18ClN7O5S2/c1-34-26-14(12-9-36-21(23)24-12)17(30)25-15-18(31)29-16(20(32)33)10(8-35-19(15)29)6-27-4-5-28-7-11(22)2-3-13(27)28/h2-5,7,9,15,19H,6,8H2,1H3,(H3-,23,24,25,30,32,33)/b26-14-/t15-,19-/m1/s1. The number of β-lactam (4-membered cyclic amide) rings is 1. The summed E-state index contributed by atoms with van der Waals surface area (Å²) >= 11 is 8.51. The van der Waals surface area contributed by atoms with Gasteiger partial charge in [-0.1, -0.05) is 16.8 Å². The molecule has 5 heterocycles. The first-order chi connectivity index (χ1) is 17.3. The molecule has 0 aliphatic carbocycles. The number of nitrogens with two attached hydrogens (primary N) is 1. The number of carbonyl (C=O) groups excluding carboxylic acids is 3. The Hall–Kier alpha value is -3.62. The number of carboxylic acid groups (broad SMARTS) is 1. The molecule has 2 amide bonds. The second-order valence-electron chi connectivity index (χ2n) is 7.83. The first kappa shape index (κ1) is 24.1. The van der Waals surface area contributed by atoms with Crippen LogP contribution in [0.25, 0.3) is 5.65 Å². The molecule has 1 saturated heterocycles. The number of hydrogen-bond acceptors (Lipinski definition) is 10. The smallest absolute Gasteiger partial charge is 0.286 e. The van der Waals surface area contributed by atoms with Crippen LogP contribution in [-0.4, -0.2) is 62.2 Å². The highest BCUT2D eigenvalue weighted by molar-refractivity contribution is 8.00. The molecule has 0 unspecified atom stereocenters. The molecule has 2 aliphatic rings. The first-order valence-corrected chi connectivity index (χ1v) is 12.8. The summed E-state index contributed by atoms with van der Waals surface area (Å²) in [6.45, 7) is 0.234. The van der Waals surface area contributed by atoms with Gasteiger partial charge in [-0.05, 0) is 6.07 Å². The van der Waals surface area contributed by atoms with Gasteiger partial charge in [-0.15, -0.1) is 23.1 Å². The lowest BCUT2D eigenvalue weighted by atomic mass is 10.0. The maximum atomic E-state index is 13.0. The fourth-order valence-electron chi connectivity index (χ4n) is 4.11. The number of thiazole rings is 1. The highest BCUT2D eigenvalue weighted by Crippen LogP contribution is 2.40. The van der Waals surface area contributed by atoms with E-state index in [9.17, 15) is 19.5 Å². The lowest BCUT2D eigenvalue weighted by Gasteiger charge is -2.50. The van der Waals surface area contributed by atoms with Crippen molar-refractivity contribution in [2.75, 3.05) is 18.6 Å². The molecular weight excluding hydrogens is 530 g/mol. The van der Waals surface area contributed by atoms with Gasteiger partial charge in [0, 0.05) is 22.8 Å². The van der Waals surface area contributed by atoms with E-state index >= 15 is 0 Å². The van der Waals surface area contributed by atoms with Gasteiger partial charge in [0.05, 0.1) is 16.7 Å². The molecule has 0 spiro atoms. The number of nitrogen functional groups attached to an aromatic ring is 1. The van der Waals surface area contributed by atoms with E-state index in [2.05, 4.69) is 15.5 Å². The number of amides is 2. The number of carboxylic acids is 1. The minimum atomic E-state index is -1.46. The van der Waals surface area contributed by atoms with Gasteiger partial charge in [0.25, 0.3) is 17.5 Å². The van der Waals surface area contributed by atoms with E-state index in [-0.39, 0.29) is 28.8 Å². The molecule has 0 radical (unpaired) electrons. The van der Waals surface area contributed by atoms with Crippen molar-refractivity contribution in [1.29, 1.82) is 0 Å². The number of pyridine rings is 1. The van der Waals surface area contributed by atoms with Crippen molar-refractivity contribution in [2.45, 2.75) is 18.0 Å². The van der Waals surface area contributed by atoms with E-state index in [0.717, 1.165) is 21.9 Å². The number of hydrogen-bond donors (Lipinski definition) is 2. The lowest BCUT2D eigenvalue weighted by Crippen LogP contribution is -2.71. The number of fused-ring (bicyclic) bond motifs is 2. The number of nitrogens with one attached hydrogen (secondary N) is 1. The summed E-state index contributed by atoms with van der Waals surface area (Å²) in [5, 5.41) is 20.2. The fraction of sp³-hybridized carbons (Fsp3) is 0.238. The minimum absolute atomic E-state index is 0.147. The maximum Gasteiger partial charge on any atom is 0.286 e. The van der Waals surface area contributed by atoms with Crippen LogP contribution in [0, 0.1) is 0 Å². The molecule has 186 valence electrons. The highest BCUT2D eigenvalue weighted by Gasteiger charge is 2.53. The van der Waals surface area contributed by atoms with E-state index in [4.69, 9.17) is 22.2 Å². The van der Waals surface area contributed by atoms with Gasteiger partial charge in [0.2, 0.25) is 0 Å². The van der Waals surface area contributed by atoms with Crippen LogP contribution in [-0.2, 0) is 25.8 Å². The molecule has 3 aromatic heterocycles. The predicted molar refractivity (Wildman–Crippen MR) is 130 cm³/mol. The monoisotopic (exact) mass is 547 g/mol. The molecule has 3 N–H and O–H groups in total. The molecule has 2 atom stereocenters. The topological polar surface area (TPSA) is 159 Å². The van der Waals surface area contributed by atoms with Gasteiger partial charge in [0.15, 0.2) is 10.8 Å². The summed E-state index contributed by atoms with van der Waals surface area (Å²) in [4.78, 5) is 47.9. The minimum Gasteiger partial charge on any atom is -0.543 e. The Kier molecular flexibility index (Phi) is 6.32. The van der Waals surface area contributed by atoms with Crippen LogP contribution < -0.4 is 20.6 Å². The van der Waals surface area contributed by atoms with Gasteiger partial charge < -0.3 is 25.8 Å². The van der Waals surface area contributed by atoms with Crippen molar-refractivity contribution in [2.24, 2.45) is 5.16 Å². The highest BCUT2D eigenvalue weighted by atomic mass is 35.5. The van der Waals surface area contributed by atoms with E-state index < -0.39 is 29.2 Å². The van der Waals surface area contributed by atoms with Crippen molar-refractivity contribution in [3.05, 3.63) is 58.1 Å². The third-order valence-electron chi connectivity index (χ3n) is 5.67. The maximum absolute atomic E-state index is 13.0. The number of rotatable bonds is 7. The number of nitrogens with zero attached hydrogens (tertiary/aromatic N) is 5. The van der Waals surface area contributed by atoms with Crippen LogP contribution in [0.5, 0.6) is 0 Å². The van der Waals surface area contributed by atoms with Crippen molar-refractivity contribution < 1.29 is 28.7 Å². The number of oxime groups is 1. The zero-order valence-electron chi connectivity index (χ0n) is 18.6. The van der Waals surface area contributed by atoms with Crippen molar-refractivity contribution >= 4 is 69.0 Å². The molecule has 5 rings (SSSR count). The molecule has 12 nitrogen and oxygen atoms in total. The summed E-state index contributed by atoms with van der Waals surface area (Å²) in [5.74, 6) is -2.39. The number of halogens is 1. The second-order valence-corrected chi connectivity index (χ2v) is 10.3. The van der Waals surface area contributed by atoms with Crippen molar-refractivity contribution in [1.82, 2.24) is 19.8 Å². The van der Waals surface area contributed by atoms with Crippen LogP contribution in [0.2, 0.25) is 5.02 Å². The largest absolute Gasteiger partial charge is 0.543 e. The molecule has 15 heteroatoms. The molecule has 0 bridgehead atoms. The zero-order valence-corrected chi connectivity index (χ0v) is 21.0. The zero-order chi connectivity index (χ0) is 25.6. The predicted octanol–water partition coefficient (Wildman–Crippen LogP) is -0.626. The van der Waals surface area contributed by atoms with Crippen LogP contribution in [0.4, 0.5) is 5.13 Å². The van der Waals surface area contributed by atoms with E-state index in [1.807, 2.05) is 15.0 Å². The molecule has 2 aliphatic heterocycles. The summed E-state index contributed by atoms with van der Waals surface area (Å²) in [6, 6.07) is 2.59. The average Bonchev–Trinajstić information content (AvgIpc) is 3.45. The SMILES string of the molecule is CO/N=C(\C(=O)N[C@@H]1C(=O)N2C(C(=O)[O-])=C(Cn3cc[n+]4cc(Cl)ccc34)CS[C@H]12)c1csc(N)n1. The summed E-state index contributed by atoms with van der Waals surface area (Å²) in [7, 11) is 1.27.